The van der Waals surface area contributed by atoms with Gasteiger partial charge in [-0.05, 0) is 0 Å². The third-order valence-electron chi connectivity index (χ3n) is 0. The summed E-state index contributed by atoms with van der Waals surface area (Å²) in [4.78, 5) is 8.11. The van der Waals surface area contributed by atoms with Gasteiger partial charge in [0.25, 0.3) is 0 Å². The minimum atomic E-state index is 0. The van der Waals surface area contributed by atoms with Gasteiger partial charge in [-0.25, -0.2) is 0 Å². The van der Waals surface area contributed by atoms with Crippen LogP contribution in [0.25, 0.3) is 0 Å². The van der Waals surface area contributed by atoms with Crippen LogP contribution in [0.1, 0.15) is 1.43 Å². The van der Waals surface area contributed by atoms with E-state index in [2.05, 4.69) is 0 Å². The van der Waals surface area contributed by atoms with Crippen molar-refractivity contribution < 1.29 is 42.6 Å². The molecular weight excluding hydrogens is 109 g/mol. The molecule has 28 valence electrons. The summed E-state index contributed by atoms with van der Waals surface area (Å²) in [6.45, 7) is 0. The minimum Gasteiger partial charge on any atom is -1.00 e. The van der Waals surface area contributed by atoms with Crippen molar-refractivity contribution in [3.8, 4) is 0 Å². The molecular formula is H2FeLiNO2. The van der Waals surface area contributed by atoms with E-state index in [1.54, 1.807) is 0 Å². The molecule has 5 heteroatoms. The van der Waals surface area contributed by atoms with Crippen LogP contribution in [-0.4, -0.2) is 5.21 Å². The molecule has 0 amide bonds. The van der Waals surface area contributed by atoms with Gasteiger partial charge in [0, 0.05) is 17.1 Å². The van der Waals surface area contributed by atoms with Gasteiger partial charge in [0.05, 0.1) is 0 Å². The molecule has 0 unspecified atom stereocenters. The summed E-state index contributed by atoms with van der Waals surface area (Å²) in [6, 6.07) is 0. The van der Waals surface area contributed by atoms with Gasteiger partial charge in [-0.15, -0.1) is 4.91 Å². The van der Waals surface area contributed by atoms with Gasteiger partial charge in [0.2, 0.25) is 0 Å². The maximum Gasteiger partial charge on any atom is 1.00 e. The van der Waals surface area contributed by atoms with E-state index in [0.29, 0.717) is 0 Å². The molecule has 0 rings (SSSR count). The molecule has 0 saturated carbocycles. The molecule has 0 aliphatic carbocycles. The quantitative estimate of drug-likeness (QED) is 0.209. The SMILES string of the molecule is O=NO.[Fe].[H-].[Li+]. The Morgan fingerprint density at radius 1 is 1.80 bits per heavy atom. The fourth-order valence-electron chi connectivity index (χ4n) is 0. The van der Waals surface area contributed by atoms with Crippen LogP contribution < -0.4 is 18.9 Å². The maximum atomic E-state index is 8.11. The molecule has 0 saturated heterocycles. The Morgan fingerprint density at radius 2 is 1.80 bits per heavy atom. The van der Waals surface area contributed by atoms with Crippen LogP contribution in [0.15, 0.2) is 5.34 Å². The average Bonchev–Trinajstić information content (AvgIpc) is 0.918. The van der Waals surface area contributed by atoms with Gasteiger partial charge < -0.3 is 6.63 Å². The topological polar surface area (TPSA) is 49.7 Å². The summed E-state index contributed by atoms with van der Waals surface area (Å²) in [5, 5.41) is 7.89. The molecule has 0 bridgehead atoms. The second-order valence-corrected chi connectivity index (χ2v) is 0.0816. The largest absolute Gasteiger partial charge is 1.00 e. The predicted octanol–water partition coefficient (Wildman–Crippen LogP) is -2.74. The molecule has 0 aromatic heterocycles. The number of nitrogens with zero attached hydrogens (tertiary/aromatic N) is 1. The molecule has 0 radical (unpaired) electrons. The van der Waals surface area contributed by atoms with Crippen molar-refractivity contribution in [3.63, 3.8) is 0 Å². The van der Waals surface area contributed by atoms with Crippen molar-refractivity contribution in [1.29, 1.82) is 0 Å². The van der Waals surface area contributed by atoms with Crippen molar-refractivity contribution in [3.05, 3.63) is 4.91 Å². The van der Waals surface area contributed by atoms with Crippen LogP contribution in [0.4, 0.5) is 0 Å². The van der Waals surface area contributed by atoms with Crippen molar-refractivity contribution in [2.24, 2.45) is 5.34 Å². The van der Waals surface area contributed by atoms with Gasteiger partial charge in [-0.2, -0.15) is 0 Å². The van der Waals surface area contributed by atoms with E-state index < -0.39 is 0 Å². The summed E-state index contributed by atoms with van der Waals surface area (Å²) in [6.07, 6.45) is 0. The molecule has 0 spiro atoms. The summed E-state index contributed by atoms with van der Waals surface area (Å²) >= 11 is 0. The number of rotatable bonds is 0. The fraction of sp³-hybridized carbons (Fsp3) is 0. The van der Waals surface area contributed by atoms with E-state index in [-0.39, 0.29) is 37.4 Å². The Kier molecular flexibility index (Phi) is 86.3. The Bertz CT molecular complexity index is 21.0. The predicted molar refractivity (Wildman–Crippen MR) is 8.69 cm³/mol. The smallest absolute Gasteiger partial charge is 1.00 e. The summed E-state index contributed by atoms with van der Waals surface area (Å²) < 4.78 is 0. The molecule has 1 N–H and O–H groups in total. The molecule has 0 fully saturated rings. The Balaban J connectivity index is -0.00000000667. The van der Waals surface area contributed by atoms with Gasteiger partial charge in [-0.3, -0.25) is 0 Å². The van der Waals surface area contributed by atoms with Gasteiger partial charge in [0.15, 0.2) is 5.34 Å². The third-order valence-corrected chi connectivity index (χ3v) is 0. The van der Waals surface area contributed by atoms with Gasteiger partial charge in [-0.1, -0.05) is 0 Å². The zero-order valence-electron chi connectivity index (χ0n) is 3.66. The van der Waals surface area contributed by atoms with Crippen molar-refractivity contribution >= 4 is 0 Å². The number of hydrogen-bond acceptors (Lipinski definition) is 2. The molecule has 0 aliphatic heterocycles. The summed E-state index contributed by atoms with van der Waals surface area (Å²) in [5.41, 5.74) is 0. The minimum absolute atomic E-state index is 0. The number of hydrogen-bond donors (Lipinski definition) is 1. The molecule has 0 heterocycles. The first-order chi connectivity index (χ1) is 1.41. The first-order valence-corrected chi connectivity index (χ1v) is 0.383. The molecule has 0 atom stereocenters. The average molecular weight is 111 g/mol. The molecule has 0 aliphatic rings. The molecule has 5 heavy (non-hydrogen) atoms. The van der Waals surface area contributed by atoms with E-state index in [1.165, 1.54) is 5.34 Å². The standard InChI is InChI=1S/Fe.Li.HNO2.H/c;;2-1-3;/h;;(H,2,3);/q;+1;;-1. The Morgan fingerprint density at radius 3 is 1.80 bits per heavy atom. The van der Waals surface area contributed by atoms with Gasteiger partial charge in [0.1, 0.15) is 0 Å². The second-order valence-electron chi connectivity index (χ2n) is 0.0816. The molecule has 0 aromatic rings. The first kappa shape index (κ1) is 17.8. The zero-order chi connectivity index (χ0) is 2.71. The second kappa shape index (κ2) is 24.3. The van der Waals surface area contributed by atoms with E-state index in [9.17, 15) is 0 Å². The Labute approximate surface area is 53.2 Å². The maximum absolute atomic E-state index is 8.11. The van der Waals surface area contributed by atoms with E-state index in [4.69, 9.17) is 10.1 Å². The third kappa shape index (κ3) is 107. The monoisotopic (exact) mass is 111 g/mol. The van der Waals surface area contributed by atoms with Crippen LogP contribution in [0, 0.1) is 4.91 Å². The van der Waals surface area contributed by atoms with Crippen molar-refractivity contribution in [2.45, 2.75) is 0 Å². The van der Waals surface area contributed by atoms with Crippen LogP contribution >= 0.6 is 0 Å². The van der Waals surface area contributed by atoms with Crippen LogP contribution in [-0.2, 0) is 17.1 Å². The molecule has 0 aromatic carbocycles. The first-order valence-electron chi connectivity index (χ1n) is 0.383. The summed E-state index contributed by atoms with van der Waals surface area (Å²) in [5.74, 6) is 0. The van der Waals surface area contributed by atoms with E-state index in [0.717, 1.165) is 0 Å². The van der Waals surface area contributed by atoms with Crippen LogP contribution in [0.2, 0.25) is 0 Å². The van der Waals surface area contributed by atoms with Crippen molar-refractivity contribution in [1.82, 2.24) is 0 Å². The normalized spacial score (nSPS) is 2.40. The van der Waals surface area contributed by atoms with E-state index >= 15 is 0 Å². The zero-order valence-corrected chi connectivity index (χ0v) is 3.76. The summed E-state index contributed by atoms with van der Waals surface area (Å²) in [7, 11) is 0. The van der Waals surface area contributed by atoms with Gasteiger partial charge >= 0.3 is 18.9 Å². The Hall–Kier alpha value is 0.517. The van der Waals surface area contributed by atoms with Crippen LogP contribution in [0.5, 0.6) is 0 Å². The van der Waals surface area contributed by atoms with Crippen molar-refractivity contribution in [2.75, 3.05) is 0 Å². The fourth-order valence-corrected chi connectivity index (χ4v) is 0. The van der Waals surface area contributed by atoms with Crippen LogP contribution in [0.3, 0.4) is 0 Å². The molecule has 3 nitrogen and oxygen atoms in total. The van der Waals surface area contributed by atoms with E-state index in [1.807, 2.05) is 0 Å².